The van der Waals surface area contributed by atoms with Gasteiger partial charge in [0.05, 0.1) is 18.5 Å². The van der Waals surface area contributed by atoms with Gasteiger partial charge in [0.2, 0.25) is 0 Å². The Morgan fingerprint density at radius 3 is 3.03 bits per heavy atom. The molecule has 0 spiro atoms. The molecule has 3 aliphatic rings. The van der Waals surface area contributed by atoms with Crippen LogP contribution >= 0.6 is 11.6 Å². The second-order valence-corrected chi connectivity index (χ2v) is 7.87. The monoisotopic (exact) mass is 413 g/mol. The molecule has 3 aliphatic heterocycles. The number of hydrogen-bond acceptors (Lipinski definition) is 7. The van der Waals surface area contributed by atoms with E-state index in [4.69, 9.17) is 26.3 Å². The quantitative estimate of drug-likeness (QED) is 0.577. The maximum absolute atomic E-state index is 6.44. The summed E-state index contributed by atoms with van der Waals surface area (Å²) in [6.07, 6.45) is 9.33. The fourth-order valence-corrected chi connectivity index (χ4v) is 4.22. The molecule has 2 aromatic heterocycles. The first-order chi connectivity index (χ1) is 14.1. The molecule has 0 bridgehead atoms. The smallest absolute Gasteiger partial charge is 0.300 e. The molecular formula is C20H22ClN6O2+. The molecule has 2 atom stereocenters. The van der Waals surface area contributed by atoms with Crippen molar-refractivity contribution in [3.8, 4) is 0 Å². The second kappa shape index (κ2) is 7.38. The number of fused-ring (bicyclic) bond motifs is 1. The SMILES string of the molecule is N[N@@+]12C=C(CCC3CCCN3Cc3ccc(Cl)o3)N=CC1=NC(c1ccco1)=N2. The van der Waals surface area contributed by atoms with Crippen LogP contribution in [0.2, 0.25) is 5.22 Å². The molecule has 0 radical (unpaired) electrons. The van der Waals surface area contributed by atoms with Crippen molar-refractivity contribution in [2.45, 2.75) is 38.3 Å². The maximum atomic E-state index is 6.44. The lowest BCUT2D eigenvalue weighted by molar-refractivity contribution is -0.803. The van der Waals surface area contributed by atoms with Crippen LogP contribution in [0.15, 0.2) is 66.3 Å². The second-order valence-electron chi connectivity index (χ2n) is 7.50. The minimum atomic E-state index is -0.214. The van der Waals surface area contributed by atoms with Crippen molar-refractivity contribution in [2.24, 2.45) is 20.9 Å². The average Bonchev–Trinajstić information content (AvgIpc) is 3.47. The number of amidine groups is 2. The van der Waals surface area contributed by atoms with E-state index in [1.54, 1.807) is 24.6 Å². The van der Waals surface area contributed by atoms with E-state index in [-0.39, 0.29) is 4.70 Å². The molecule has 2 aromatic rings. The normalized spacial score (nSPS) is 26.4. The fraction of sp³-hybridized carbons (Fsp3) is 0.350. The first-order valence-corrected chi connectivity index (χ1v) is 10.1. The Kier molecular flexibility index (Phi) is 4.71. The maximum Gasteiger partial charge on any atom is 0.300 e. The van der Waals surface area contributed by atoms with E-state index in [1.165, 1.54) is 12.8 Å². The van der Waals surface area contributed by atoms with Crippen LogP contribution in [0.3, 0.4) is 0 Å². The van der Waals surface area contributed by atoms with Crippen molar-refractivity contribution in [3.63, 3.8) is 0 Å². The van der Waals surface area contributed by atoms with Gasteiger partial charge in [0.25, 0.3) is 11.7 Å². The standard InChI is InChI=1S/C20H22ClN6O2/c21-18-8-7-16(29-18)12-26-9-1-3-15(26)6-5-14-13-27(22)19(11-23-14)24-20(25-27)17-4-2-10-28-17/h2,4,7-8,10-11,13,15H,1,3,5-6,9,12,22H2/q+1/t15?,27-/m1/s1. The summed E-state index contributed by atoms with van der Waals surface area (Å²) in [6.45, 7) is 1.85. The third-order valence-electron chi connectivity index (χ3n) is 5.50. The first-order valence-electron chi connectivity index (χ1n) is 9.74. The van der Waals surface area contributed by atoms with Crippen LogP contribution in [-0.2, 0) is 6.54 Å². The summed E-state index contributed by atoms with van der Waals surface area (Å²) in [7, 11) is 0. The van der Waals surface area contributed by atoms with E-state index in [2.05, 4.69) is 20.0 Å². The summed E-state index contributed by atoms with van der Waals surface area (Å²) >= 11 is 5.90. The highest BCUT2D eigenvalue weighted by atomic mass is 35.5. The number of nitrogens with two attached hydrogens (primary N) is 1. The summed E-state index contributed by atoms with van der Waals surface area (Å²) in [4.78, 5) is 11.5. The van der Waals surface area contributed by atoms with Gasteiger partial charge in [0.15, 0.2) is 17.2 Å². The van der Waals surface area contributed by atoms with Gasteiger partial charge in [-0.05, 0) is 77.9 Å². The molecule has 8 nitrogen and oxygen atoms in total. The first kappa shape index (κ1) is 18.5. The van der Waals surface area contributed by atoms with Crippen LogP contribution in [0, 0.1) is 0 Å². The number of quaternary nitrogens is 1. The molecule has 150 valence electrons. The zero-order chi connectivity index (χ0) is 19.8. The van der Waals surface area contributed by atoms with E-state index in [0.29, 0.717) is 28.7 Å². The topological polar surface area (TPSA) is 92.6 Å². The fourth-order valence-electron chi connectivity index (χ4n) is 4.06. The number of hydrogen-bond donors (Lipinski definition) is 1. The van der Waals surface area contributed by atoms with Gasteiger partial charge in [-0.25, -0.2) is 4.99 Å². The molecular weight excluding hydrogens is 392 g/mol. The van der Waals surface area contributed by atoms with E-state index < -0.39 is 0 Å². The number of likely N-dealkylation sites (tertiary alicyclic amines) is 1. The average molecular weight is 414 g/mol. The van der Waals surface area contributed by atoms with Crippen LogP contribution in [0.1, 0.15) is 37.2 Å². The van der Waals surface area contributed by atoms with Gasteiger partial charge in [-0.3, -0.25) is 4.90 Å². The van der Waals surface area contributed by atoms with E-state index in [1.807, 2.05) is 18.3 Å². The van der Waals surface area contributed by atoms with Crippen molar-refractivity contribution in [2.75, 3.05) is 6.54 Å². The Balaban J connectivity index is 1.25. The lowest BCUT2D eigenvalue weighted by atomic mass is 10.1. The Morgan fingerprint density at radius 2 is 2.24 bits per heavy atom. The molecule has 0 saturated carbocycles. The molecule has 2 N–H and O–H groups in total. The highest BCUT2D eigenvalue weighted by molar-refractivity contribution is 6.31. The van der Waals surface area contributed by atoms with Crippen molar-refractivity contribution in [3.05, 3.63) is 59.2 Å². The molecule has 1 saturated heterocycles. The third-order valence-corrected chi connectivity index (χ3v) is 5.70. The van der Waals surface area contributed by atoms with E-state index in [9.17, 15) is 0 Å². The van der Waals surface area contributed by atoms with Crippen LogP contribution in [-0.4, -0.2) is 40.1 Å². The number of furan rings is 2. The molecule has 0 amide bonds. The Morgan fingerprint density at radius 1 is 1.31 bits per heavy atom. The predicted molar refractivity (Wildman–Crippen MR) is 110 cm³/mol. The van der Waals surface area contributed by atoms with Crippen LogP contribution in [0.25, 0.3) is 0 Å². The molecule has 1 unspecified atom stereocenters. The lowest BCUT2D eigenvalue weighted by Gasteiger charge is -2.24. The van der Waals surface area contributed by atoms with E-state index in [0.717, 1.165) is 37.4 Å². The predicted octanol–water partition coefficient (Wildman–Crippen LogP) is 3.66. The van der Waals surface area contributed by atoms with E-state index >= 15 is 0 Å². The van der Waals surface area contributed by atoms with Crippen LogP contribution < -0.4 is 5.84 Å². The summed E-state index contributed by atoms with van der Waals surface area (Å²) < 4.78 is 10.7. The summed E-state index contributed by atoms with van der Waals surface area (Å²) in [5.74, 6) is 9.00. The largest absolute Gasteiger partial charge is 0.461 e. The minimum Gasteiger partial charge on any atom is -0.461 e. The molecule has 5 rings (SSSR count). The van der Waals surface area contributed by atoms with Crippen LogP contribution in [0.4, 0.5) is 0 Å². The van der Waals surface area contributed by atoms with Gasteiger partial charge in [-0.2, -0.15) is 4.99 Å². The molecule has 29 heavy (non-hydrogen) atoms. The van der Waals surface area contributed by atoms with Gasteiger partial charge >= 0.3 is 0 Å². The Bertz CT molecular complexity index is 1020. The van der Waals surface area contributed by atoms with Gasteiger partial charge in [-0.15, -0.1) is 5.84 Å². The lowest BCUT2D eigenvalue weighted by Crippen LogP contribution is -2.50. The number of nitrogens with zero attached hydrogens (tertiary/aromatic N) is 5. The van der Waals surface area contributed by atoms with Gasteiger partial charge in [-0.1, -0.05) is 0 Å². The number of rotatable bonds is 6. The number of allylic oxidation sites excluding steroid dienone is 1. The molecule has 0 aliphatic carbocycles. The van der Waals surface area contributed by atoms with Crippen LogP contribution in [0.5, 0.6) is 0 Å². The molecule has 5 heterocycles. The molecule has 9 heteroatoms. The van der Waals surface area contributed by atoms with Crippen molar-refractivity contribution in [1.29, 1.82) is 0 Å². The van der Waals surface area contributed by atoms with Gasteiger partial charge < -0.3 is 8.83 Å². The third kappa shape index (κ3) is 3.72. The Labute approximate surface area is 173 Å². The minimum absolute atomic E-state index is 0.214. The van der Waals surface area contributed by atoms with Crippen molar-refractivity contribution < 1.29 is 13.5 Å². The highest BCUT2D eigenvalue weighted by Gasteiger charge is 2.40. The van der Waals surface area contributed by atoms with Crippen molar-refractivity contribution >= 4 is 29.5 Å². The van der Waals surface area contributed by atoms with Gasteiger partial charge in [0.1, 0.15) is 12.0 Å². The zero-order valence-corrected chi connectivity index (χ0v) is 16.6. The highest BCUT2D eigenvalue weighted by Crippen LogP contribution is 2.28. The zero-order valence-electron chi connectivity index (χ0n) is 15.9. The summed E-state index contributed by atoms with van der Waals surface area (Å²) in [5.41, 5.74) is 0.920. The Hall–Kier alpha value is -2.52. The number of aliphatic imine (C=N–C) groups is 2. The molecule has 1 fully saturated rings. The van der Waals surface area contributed by atoms with Gasteiger partial charge in [0, 0.05) is 6.04 Å². The summed E-state index contributed by atoms with van der Waals surface area (Å²) in [6, 6.07) is 7.83. The summed E-state index contributed by atoms with van der Waals surface area (Å²) in [5, 5.41) is 4.96. The van der Waals surface area contributed by atoms with Crippen molar-refractivity contribution in [1.82, 2.24) is 4.90 Å². The molecule has 0 aromatic carbocycles. The number of halogens is 1.